The number of aliphatic hydroxyl groups is 1. The fourth-order valence-corrected chi connectivity index (χ4v) is 3.07. The van der Waals surface area contributed by atoms with E-state index >= 15 is 0 Å². The molecule has 0 bridgehead atoms. The third-order valence-corrected chi connectivity index (χ3v) is 4.09. The molecule has 0 saturated heterocycles. The Balaban J connectivity index is 2.01. The number of nitrogens with two attached hydrogens (primary N) is 1. The molecule has 0 spiro atoms. The van der Waals surface area contributed by atoms with E-state index in [-0.39, 0.29) is 0 Å². The van der Waals surface area contributed by atoms with E-state index in [1.807, 2.05) is 18.2 Å². The van der Waals surface area contributed by atoms with Crippen LogP contribution in [0.15, 0.2) is 39.5 Å². The summed E-state index contributed by atoms with van der Waals surface area (Å²) in [4.78, 5) is 0. The van der Waals surface area contributed by atoms with Crippen molar-refractivity contribution in [2.45, 2.75) is 18.9 Å². The van der Waals surface area contributed by atoms with Gasteiger partial charge in [0, 0.05) is 10.2 Å². The molecule has 1 unspecified atom stereocenters. The van der Waals surface area contributed by atoms with Gasteiger partial charge in [-0.15, -0.1) is 0 Å². The Morgan fingerprint density at radius 3 is 2.82 bits per heavy atom. The first-order valence-electron chi connectivity index (χ1n) is 5.41. The lowest BCUT2D eigenvalue weighted by atomic mass is 10.0. The normalized spacial score (nSPS) is 12.6. The highest BCUT2D eigenvalue weighted by Crippen LogP contribution is 2.28. The van der Waals surface area contributed by atoms with E-state index < -0.39 is 6.10 Å². The molecule has 0 saturated carbocycles. The molecule has 17 heavy (non-hydrogen) atoms. The van der Waals surface area contributed by atoms with Gasteiger partial charge in [-0.05, 0) is 52.9 Å². The molecular weight excluding hydrogens is 298 g/mol. The molecule has 1 atom stereocenters. The van der Waals surface area contributed by atoms with Crippen LogP contribution in [-0.2, 0) is 6.42 Å². The molecule has 0 aliphatic rings. The van der Waals surface area contributed by atoms with Crippen LogP contribution in [0.4, 0.5) is 5.69 Å². The standard InChI is InChI=1S/C13H14BrNOS/c14-12-7-10(15)2-3-11(12)13(16)4-1-9-5-6-17-8-9/h2-3,5-8,13,16H,1,4,15H2. The van der Waals surface area contributed by atoms with Gasteiger partial charge in [-0.3, -0.25) is 0 Å². The first-order chi connectivity index (χ1) is 8.16. The number of aryl methyl sites for hydroxylation is 1. The average molecular weight is 312 g/mol. The Labute approximate surface area is 113 Å². The Bertz CT molecular complexity index is 484. The Morgan fingerprint density at radius 1 is 1.35 bits per heavy atom. The van der Waals surface area contributed by atoms with E-state index in [4.69, 9.17) is 5.73 Å². The maximum atomic E-state index is 10.1. The van der Waals surface area contributed by atoms with Crippen LogP contribution in [0, 0.1) is 0 Å². The Hall–Kier alpha value is -0.840. The lowest BCUT2D eigenvalue weighted by Gasteiger charge is -2.12. The van der Waals surface area contributed by atoms with Crippen molar-refractivity contribution >= 4 is 33.0 Å². The van der Waals surface area contributed by atoms with Crippen LogP contribution in [0.5, 0.6) is 0 Å². The predicted octanol–water partition coefficient (Wildman–Crippen LogP) is 3.76. The number of hydrogen-bond donors (Lipinski definition) is 2. The van der Waals surface area contributed by atoms with Crippen molar-refractivity contribution in [3.05, 3.63) is 50.6 Å². The Morgan fingerprint density at radius 2 is 2.18 bits per heavy atom. The second-order valence-electron chi connectivity index (χ2n) is 3.97. The largest absolute Gasteiger partial charge is 0.399 e. The lowest BCUT2D eigenvalue weighted by molar-refractivity contribution is 0.167. The quantitative estimate of drug-likeness (QED) is 0.845. The zero-order valence-electron chi connectivity index (χ0n) is 9.27. The van der Waals surface area contributed by atoms with Crippen LogP contribution in [-0.4, -0.2) is 5.11 Å². The molecule has 0 aliphatic carbocycles. The summed E-state index contributed by atoms with van der Waals surface area (Å²) in [6, 6.07) is 7.60. The van der Waals surface area contributed by atoms with Crippen LogP contribution in [0.2, 0.25) is 0 Å². The first kappa shape index (κ1) is 12.6. The van der Waals surface area contributed by atoms with Crippen molar-refractivity contribution in [3.8, 4) is 0 Å². The van der Waals surface area contributed by atoms with E-state index in [1.54, 1.807) is 11.3 Å². The molecule has 2 aromatic rings. The topological polar surface area (TPSA) is 46.2 Å². The van der Waals surface area contributed by atoms with Gasteiger partial charge in [0.15, 0.2) is 0 Å². The molecule has 0 fully saturated rings. The summed E-state index contributed by atoms with van der Waals surface area (Å²) < 4.78 is 0.871. The van der Waals surface area contributed by atoms with Crippen molar-refractivity contribution < 1.29 is 5.11 Å². The highest BCUT2D eigenvalue weighted by molar-refractivity contribution is 9.10. The monoisotopic (exact) mass is 311 g/mol. The van der Waals surface area contributed by atoms with Gasteiger partial charge in [0.1, 0.15) is 0 Å². The number of anilines is 1. The maximum absolute atomic E-state index is 10.1. The van der Waals surface area contributed by atoms with E-state index in [0.717, 1.165) is 22.9 Å². The minimum Gasteiger partial charge on any atom is -0.399 e. The molecule has 0 aliphatic heterocycles. The summed E-state index contributed by atoms with van der Waals surface area (Å²) in [7, 11) is 0. The van der Waals surface area contributed by atoms with Crippen molar-refractivity contribution in [3.63, 3.8) is 0 Å². The number of hydrogen-bond acceptors (Lipinski definition) is 3. The van der Waals surface area contributed by atoms with Gasteiger partial charge < -0.3 is 10.8 Å². The zero-order valence-corrected chi connectivity index (χ0v) is 11.7. The lowest BCUT2D eigenvalue weighted by Crippen LogP contribution is -2.01. The van der Waals surface area contributed by atoms with Crippen LogP contribution < -0.4 is 5.73 Å². The van der Waals surface area contributed by atoms with Gasteiger partial charge in [0.25, 0.3) is 0 Å². The van der Waals surface area contributed by atoms with Gasteiger partial charge in [0.05, 0.1) is 6.10 Å². The minimum atomic E-state index is -0.454. The average Bonchev–Trinajstić information content (AvgIpc) is 2.78. The van der Waals surface area contributed by atoms with E-state index in [0.29, 0.717) is 5.69 Å². The highest BCUT2D eigenvalue weighted by Gasteiger charge is 2.11. The highest BCUT2D eigenvalue weighted by atomic mass is 79.9. The third kappa shape index (κ3) is 3.31. The molecule has 1 aromatic carbocycles. The first-order valence-corrected chi connectivity index (χ1v) is 7.14. The minimum absolute atomic E-state index is 0.454. The molecule has 3 N–H and O–H groups in total. The van der Waals surface area contributed by atoms with Crippen LogP contribution in [0.25, 0.3) is 0 Å². The summed E-state index contributed by atoms with van der Waals surface area (Å²) in [5, 5.41) is 14.3. The van der Waals surface area contributed by atoms with Gasteiger partial charge in [0.2, 0.25) is 0 Å². The van der Waals surface area contributed by atoms with Crippen LogP contribution in [0.3, 0.4) is 0 Å². The molecule has 1 aromatic heterocycles. The SMILES string of the molecule is Nc1ccc(C(O)CCc2ccsc2)c(Br)c1. The molecule has 1 heterocycles. The third-order valence-electron chi connectivity index (χ3n) is 2.67. The number of rotatable bonds is 4. The van der Waals surface area contributed by atoms with E-state index in [9.17, 15) is 5.11 Å². The summed E-state index contributed by atoms with van der Waals surface area (Å²) in [5.74, 6) is 0. The molecular formula is C13H14BrNOS. The smallest absolute Gasteiger partial charge is 0.0804 e. The molecule has 4 heteroatoms. The summed E-state index contributed by atoms with van der Waals surface area (Å²) in [6.07, 6.45) is 1.16. The summed E-state index contributed by atoms with van der Waals surface area (Å²) in [6.45, 7) is 0. The van der Waals surface area contributed by atoms with Crippen molar-refractivity contribution in [1.82, 2.24) is 0 Å². The zero-order chi connectivity index (χ0) is 12.3. The number of thiophene rings is 1. The summed E-state index contributed by atoms with van der Waals surface area (Å²) >= 11 is 5.11. The van der Waals surface area contributed by atoms with Crippen LogP contribution in [0.1, 0.15) is 23.7 Å². The summed E-state index contributed by atoms with van der Waals surface area (Å²) in [5.41, 5.74) is 8.54. The second kappa shape index (κ2) is 5.67. The van der Waals surface area contributed by atoms with Gasteiger partial charge in [-0.1, -0.05) is 22.0 Å². The second-order valence-corrected chi connectivity index (χ2v) is 5.60. The molecule has 0 amide bonds. The van der Waals surface area contributed by atoms with Gasteiger partial charge in [-0.2, -0.15) is 11.3 Å². The van der Waals surface area contributed by atoms with Gasteiger partial charge in [-0.25, -0.2) is 0 Å². The van der Waals surface area contributed by atoms with E-state index in [2.05, 4.69) is 32.8 Å². The number of nitrogen functional groups attached to an aromatic ring is 1. The van der Waals surface area contributed by atoms with Crippen molar-refractivity contribution in [2.24, 2.45) is 0 Å². The number of halogens is 1. The molecule has 2 rings (SSSR count). The van der Waals surface area contributed by atoms with Crippen LogP contribution >= 0.6 is 27.3 Å². The predicted molar refractivity (Wildman–Crippen MR) is 76.2 cm³/mol. The van der Waals surface area contributed by atoms with Crippen molar-refractivity contribution in [2.75, 3.05) is 5.73 Å². The maximum Gasteiger partial charge on any atom is 0.0804 e. The van der Waals surface area contributed by atoms with Gasteiger partial charge >= 0.3 is 0 Å². The fourth-order valence-electron chi connectivity index (χ4n) is 1.71. The molecule has 0 radical (unpaired) electrons. The number of aliphatic hydroxyl groups excluding tert-OH is 1. The molecule has 90 valence electrons. The van der Waals surface area contributed by atoms with Crippen molar-refractivity contribution in [1.29, 1.82) is 0 Å². The molecule has 2 nitrogen and oxygen atoms in total. The number of benzene rings is 1. The van der Waals surface area contributed by atoms with E-state index in [1.165, 1.54) is 5.56 Å². The Kier molecular flexibility index (Phi) is 4.20. The fraction of sp³-hybridized carbons (Fsp3) is 0.231.